The second-order valence-electron chi connectivity index (χ2n) is 5.81. The minimum absolute atomic E-state index is 0.441. The molecule has 0 saturated heterocycles. The van der Waals surface area contributed by atoms with Crippen molar-refractivity contribution in [2.24, 2.45) is 18.7 Å². The zero-order chi connectivity index (χ0) is 14.2. The van der Waals surface area contributed by atoms with Crippen LogP contribution in [0.4, 0.5) is 5.82 Å². The van der Waals surface area contributed by atoms with Gasteiger partial charge in [-0.1, -0.05) is 32.0 Å². The maximum atomic E-state index is 5.87. The van der Waals surface area contributed by atoms with Crippen molar-refractivity contribution < 1.29 is 0 Å². The second kappa shape index (κ2) is 5.49. The monoisotopic (exact) mass is 280 g/mol. The average Bonchev–Trinajstić information content (AvgIpc) is 2.63. The highest BCUT2D eigenvalue weighted by Crippen LogP contribution is 2.31. The Hall–Kier alpha value is -1.10. The van der Waals surface area contributed by atoms with Gasteiger partial charge in [-0.2, -0.15) is 5.10 Å². The van der Waals surface area contributed by atoms with Crippen molar-refractivity contribution in [3.63, 3.8) is 0 Å². The van der Waals surface area contributed by atoms with E-state index in [2.05, 4.69) is 24.0 Å². The van der Waals surface area contributed by atoms with E-state index in [1.807, 2.05) is 18.7 Å². The number of rotatable bonds is 3. The van der Waals surface area contributed by atoms with Gasteiger partial charge in [0, 0.05) is 20.1 Å². The summed E-state index contributed by atoms with van der Waals surface area (Å²) in [5, 5.41) is 4.47. The Morgan fingerprint density at radius 2 is 2.16 bits per heavy atom. The number of hydrogen-bond acceptors (Lipinski definition) is 3. The Morgan fingerprint density at radius 1 is 1.47 bits per heavy atom. The number of aromatic nitrogens is 2. The van der Waals surface area contributed by atoms with E-state index in [0.717, 1.165) is 23.0 Å². The van der Waals surface area contributed by atoms with Crippen molar-refractivity contribution in [1.82, 2.24) is 9.78 Å². The number of hydrogen-bond donors (Lipinski definition) is 1. The maximum absolute atomic E-state index is 5.87. The van der Waals surface area contributed by atoms with Crippen LogP contribution >= 0.6 is 12.2 Å². The molecular weight excluding hydrogens is 256 g/mol. The van der Waals surface area contributed by atoms with Crippen LogP contribution in [0.2, 0.25) is 0 Å². The van der Waals surface area contributed by atoms with Crippen LogP contribution in [0, 0.1) is 12.8 Å². The van der Waals surface area contributed by atoms with Crippen LogP contribution in [0.5, 0.6) is 0 Å². The van der Waals surface area contributed by atoms with Gasteiger partial charge in [-0.05, 0) is 25.7 Å². The van der Waals surface area contributed by atoms with Crippen molar-refractivity contribution in [1.29, 1.82) is 0 Å². The Labute approximate surface area is 121 Å². The molecule has 5 heteroatoms. The molecule has 1 heterocycles. The normalized spacial score (nSPS) is 23.4. The highest BCUT2D eigenvalue weighted by atomic mass is 32.1. The third-order valence-corrected chi connectivity index (χ3v) is 4.43. The molecule has 1 saturated carbocycles. The zero-order valence-electron chi connectivity index (χ0n) is 12.3. The van der Waals surface area contributed by atoms with Crippen molar-refractivity contribution >= 4 is 23.0 Å². The molecule has 2 unspecified atom stereocenters. The van der Waals surface area contributed by atoms with Gasteiger partial charge >= 0.3 is 0 Å². The van der Waals surface area contributed by atoms with Gasteiger partial charge in [-0.25, -0.2) is 0 Å². The number of thiocarbonyl (C=S) groups is 1. The molecule has 19 heavy (non-hydrogen) atoms. The smallest absolute Gasteiger partial charge is 0.137 e. The summed E-state index contributed by atoms with van der Waals surface area (Å²) in [5.74, 6) is 1.85. The molecule has 4 nitrogen and oxygen atoms in total. The number of aryl methyl sites for hydroxylation is 2. The average molecular weight is 280 g/mol. The summed E-state index contributed by atoms with van der Waals surface area (Å²) < 4.78 is 1.91. The fourth-order valence-electron chi connectivity index (χ4n) is 3.27. The van der Waals surface area contributed by atoms with Gasteiger partial charge in [0.15, 0.2) is 0 Å². The van der Waals surface area contributed by atoms with Gasteiger partial charge in [0.25, 0.3) is 0 Å². The van der Waals surface area contributed by atoms with Gasteiger partial charge in [-0.3, -0.25) is 4.68 Å². The first-order chi connectivity index (χ1) is 8.91. The Bertz CT molecular complexity index is 480. The molecule has 1 aromatic heterocycles. The number of anilines is 1. The Kier molecular flexibility index (Phi) is 4.13. The third kappa shape index (κ3) is 2.76. The van der Waals surface area contributed by atoms with E-state index in [1.165, 1.54) is 25.7 Å². The lowest BCUT2D eigenvalue weighted by Gasteiger charge is -2.35. The summed E-state index contributed by atoms with van der Waals surface area (Å²) in [6.45, 7) is 4.30. The van der Waals surface area contributed by atoms with E-state index in [-0.39, 0.29) is 0 Å². The van der Waals surface area contributed by atoms with Crippen LogP contribution in [0.15, 0.2) is 0 Å². The summed E-state index contributed by atoms with van der Waals surface area (Å²) in [5.41, 5.74) is 7.72. The van der Waals surface area contributed by atoms with Crippen LogP contribution < -0.4 is 10.6 Å². The Balaban J connectivity index is 2.32. The molecule has 0 radical (unpaired) electrons. The molecule has 0 amide bonds. The molecule has 1 aliphatic carbocycles. The number of nitrogens with two attached hydrogens (primary N) is 1. The fourth-order valence-corrected chi connectivity index (χ4v) is 3.50. The molecule has 0 aromatic carbocycles. The first kappa shape index (κ1) is 14.3. The molecular formula is C14H24N4S. The van der Waals surface area contributed by atoms with Crippen LogP contribution in [0.1, 0.15) is 43.9 Å². The Morgan fingerprint density at radius 3 is 2.74 bits per heavy atom. The first-order valence-corrected chi connectivity index (χ1v) is 7.38. The molecule has 1 aliphatic rings. The quantitative estimate of drug-likeness (QED) is 0.864. The minimum atomic E-state index is 0.441. The van der Waals surface area contributed by atoms with Crippen LogP contribution in [-0.2, 0) is 7.05 Å². The van der Waals surface area contributed by atoms with Crippen molar-refractivity contribution in [2.75, 3.05) is 11.9 Å². The van der Waals surface area contributed by atoms with Crippen molar-refractivity contribution in [3.8, 4) is 0 Å². The van der Waals surface area contributed by atoms with Gasteiger partial charge in [-0.15, -0.1) is 0 Å². The van der Waals surface area contributed by atoms with Crippen molar-refractivity contribution in [2.45, 2.75) is 45.6 Å². The lowest BCUT2D eigenvalue weighted by atomic mass is 9.86. The van der Waals surface area contributed by atoms with Crippen LogP contribution in [-0.4, -0.2) is 27.9 Å². The van der Waals surface area contributed by atoms with Gasteiger partial charge in [0.2, 0.25) is 0 Å². The molecule has 0 bridgehead atoms. The molecule has 0 aliphatic heterocycles. The van der Waals surface area contributed by atoms with Gasteiger partial charge in [0.05, 0.1) is 11.3 Å². The standard InChI is InChI=1S/C14H24N4S/c1-9-6-5-7-11(8-9)17(3)14-12(13(15)19)10(2)16-18(14)4/h9,11H,5-8H2,1-4H3,(H2,15,19). The zero-order valence-corrected chi connectivity index (χ0v) is 13.1. The summed E-state index contributed by atoms with van der Waals surface area (Å²) >= 11 is 5.19. The lowest BCUT2D eigenvalue weighted by molar-refractivity contribution is 0.334. The molecule has 2 atom stereocenters. The van der Waals surface area contributed by atoms with E-state index in [0.29, 0.717) is 11.0 Å². The summed E-state index contributed by atoms with van der Waals surface area (Å²) in [4.78, 5) is 2.76. The number of nitrogens with zero attached hydrogens (tertiary/aromatic N) is 3. The maximum Gasteiger partial charge on any atom is 0.137 e. The summed E-state index contributed by atoms with van der Waals surface area (Å²) in [7, 11) is 4.10. The predicted molar refractivity (Wildman–Crippen MR) is 83.7 cm³/mol. The molecule has 1 fully saturated rings. The summed E-state index contributed by atoms with van der Waals surface area (Å²) in [6.07, 6.45) is 5.12. The van der Waals surface area contributed by atoms with Crippen LogP contribution in [0.25, 0.3) is 0 Å². The molecule has 1 aromatic rings. The largest absolute Gasteiger partial charge is 0.389 e. The topological polar surface area (TPSA) is 47.1 Å². The fraction of sp³-hybridized carbons (Fsp3) is 0.714. The van der Waals surface area contributed by atoms with E-state index in [4.69, 9.17) is 18.0 Å². The molecule has 0 spiro atoms. The van der Waals surface area contributed by atoms with E-state index >= 15 is 0 Å². The van der Waals surface area contributed by atoms with Crippen LogP contribution in [0.3, 0.4) is 0 Å². The summed E-state index contributed by atoms with van der Waals surface area (Å²) in [6, 6.07) is 0.562. The first-order valence-electron chi connectivity index (χ1n) is 6.98. The third-order valence-electron chi connectivity index (χ3n) is 4.23. The lowest BCUT2D eigenvalue weighted by Crippen LogP contribution is -2.37. The van der Waals surface area contributed by atoms with Gasteiger partial charge < -0.3 is 10.6 Å². The predicted octanol–water partition coefficient (Wildman–Crippen LogP) is 2.38. The molecule has 2 N–H and O–H groups in total. The van der Waals surface area contributed by atoms with E-state index in [1.54, 1.807) is 0 Å². The highest BCUT2D eigenvalue weighted by molar-refractivity contribution is 7.80. The van der Waals surface area contributed by atoms with E-state index in [9.17, 15) is 0 Å². The van der Waals surface area contributed by atoms with Gasteiger partial charge in [0.1, 0.15) is 10.8 Å². The molecule has 2 rings (SSSR count). The highest BCUT2D eigenvalue weighted by Gasteiger charge is 2.27. The van der Waals surface area contributed by atoms with Crippen molar-refractivity contribution in [3.05, 3.63) is 11.3 Å². The van der Waals surface area contributed by atoms with E-state index < -0.39 is 0 Å². The second-order valence-corrected chi connectivity index (χ2v) is 6.25. The minimum Gasteiger partial charge on any atom is -0.389 e. The molecule has 106 valence electrons. The SMILES string of the molecule is Cc1nn(C)c(N(C)C2CCCC(C)C2)c1C(N)=S.